The summed E-state index contributed by atoms with van der Waals surface area (Å²) in [4.78, 5) is 23.0. The molecule has 0 aliphatic heterocycles. The Labute approximate surface area is 160 Å². The van der Waals surface area contributed by atoms with Crippen LogP contribution in [0.4, 0.5) is 11.5 Å². The summed E-state index contributed by atoms with van der Waals surface area (Å²) in [6.45, 7) is 4.51. The summed E-state index contributed by atoms with van der Waals surface area (Å²) in [6, 6.07) is 7.30. The van der Waals surface area contributed by atoms with Gasteiger partial charge in [-0.05, 0) is 53.8 Å². The monoisotopic (exact) mass is 416 g/mol. The SMILES string of the molecule is CCN(C)CCNC(=O)c1ccc(Nc2ncc(Br)n3ccnc23)cc1. The summed E-state index contributed by atoms with van der Waals surface area (Å²) in [6.07, 6.45) is 5.29. The molecule has 1 amide bonds. The predicted molar refractivity (Wildman–Crippen MR) is 106 cm³/mol. The molecule has 2 N–H and O–H groups in total. The molecule has 0 spiro atoms. The summed E-state index contributed by atoms with van der Waals surface area (Å²) in [5.74, 6) is 0.580. The van der Waals surface area contributed by atoms with Gasteiger partial charge in [-0.2, -0.15) is 0 Å². The van der Waals surface area contributed by atoms with Crippen molar-refractivity contribution in [3.05, 3.63) is 53.0 Å². The van der Waals surface area contributed by atoms with E-state index in [1.54, 1.807) is 24.5 Å². The van der Waals surface area contributed by atoms with Crippen molar-refractivity contribution in [2.45, 2.75) is 6.92 Å². The van der Waals surface area contributed by atoms with E-state index in [4.69, 9.17) is 0 Å². The molecule has 3 rings (SSSR count). The van der Waals surface area contributed by atoms with Crippen molar-refractivity contribution >= 4 is 39.0 Å². The fourth-order valence-corrected chi connectivity index (χ4v) is 2.83. The second kappa shape index (κ2) is 8.29. The highest BCUT2D eigenvalue weighted by Crippen LogP contribution is 2.22. The number of carbonyl (C=O) groups excluding carboxylic acids is 1. The molecule has 8 heteroatoms. The topological polar surface area (TPSA) is 74.6 Å². The molecule has 1 aromatic carbocycles. The van der Waals surface area contributed by atoms with Crippen LogP contribution >= 0.6 is 15.9 Å². The zero-order chi connectivity index (χ0) is 18.5. The summed E-state index contributed by atoms with van der Waals surface area (Å²) in [5, 5.41) is 6.17. The van der Waals surface area contributed by atoms with Gasteiger partial charge in [0.25, 0.3) is 5.91 Å². The zero-order valence-corrected chi connectivity index (χ0v) is 16.3. The number of imidazole rings is 1. The van der Waals surface area contributed by atoms with E-state index in [9.17, 15) is 4.79 Å². The van der Waals surface area contributed by atoms with Gasteiger partial charge in [0.2, 0.25) is 0 Å². The number of hydrogen-bond donors (Lipinski definition) is 2. The van der Waals surface area contributed by atoms with Gasteiger partial charge in [0.05, 0.1) is 6.20 Å². The summed E-state index contributed by atoms with van der Waals surface area (Å²) < 4.78 is 2.72. The third-order valence-corrected chi connectivity index (χ3v) is 4.70. The van der Waals surface area contributed by atoms with Crippen LogP contribution in [0.1, 0.15) is 17.3 Å². The van der Waals surface area contributed by atoms with Gasteiger partial charge in [-0.3, -0.25) is 9.20 Å². The number of nitrogens with zero attached hydrogens (tertiary/aromatic N) is 4. The molecule has 0 atom stereocenters. The minimum Gasteiger partial charge on any atom is -0.351 e. The van der Waals surface area contributed by atoms with Gasteiger partial charge in [0, 0.05) is 36.7 Å². The number of halogens is 1. The van der Waals surface area contributed by atoms with Gasteiger partial charge in [-0.1, -0.05) is 6.92 Å². The standard InChI is InChI=1S/C18H21BrN6O/c1-3-24(2)10-8-21-18(26)13-4-6-14(7-5-13)23-16-17-20-9-11-25(17)15(19)12-22-16/h4-7,9,11-12H,3,8,10H2,1-2H3,(H,21,26)(H,22,23). The largest absolute Gasteiger partial charge is 0.351 e. The number of fused-ring (bicyclic) bond motifs is 1. The van der Waals surface area contributed by atoms with Crippen molar-refractivity contribution in [3.63, 3.8) is 0 Å². The Bertz CT molecular complexity index is 892. The zero-order valence-electron chi connectivity index (χ0n) is 14.7. The van der Waals surface area contributed by atoms with E-state index in [0.717, 1.165) is 29.0 Å². The Morgan fingerprint density at radius 2 is 2.04 bits per heavy atom. The molecule has 0 bridgehead atoms. The number of amides is 1. The molecule has 0 unspecified atom stereocenters. The normalized spacial score (nSPS) is 11.1. The van der Waals surface area contributed by atoms with Crippen LogP contribution in [0, 0.1) is 0 Å². The van der Waals surface area contributed by atoms with Crippen molar-refractivity contribution in [2.24, 2.45) is 0 Å². The van der Waals surface area contributed by atoms with Crippen molar-refractivity contribution < 1.29 is 4.79 Å². The van der Waals surface area contributed by atoms with Crippen LogP contribution in [-0.4, -0.2) is 51.9 Å². The molecule has 0 radical (unpaired) electrons. The Balaban J connectivity index is 1.65. The van der Waals surface area contributed by atoms with E-state index in [2.05, 4.69) is 48.4 Å². The lowest BCUT2D eigenvalue weighted by atomic mass is 10.2. The minimum atomic E-state index is -0.0709. The van der Waals surface area contributed by atoms with E-state index in [0.29, 0.717) is 17.9 Å². The van der Waals surface area contributed by atoms with Crippen LogP contribution in [0.2, 0.25) is 0 Å². The highest BCUT2D eigenvalue weighted by Gasteiger charge is 2.09. The molecule has 2 aromatic heterocycles. The molecule has 2 heterocycles. The van der Waals surface area contributed by atoms with Crippen molar-refractivity contribution in [1.82, 2.24) is 24.6 Å². The number of anilines is 2. The second-order valence-corrected chi connectivity index (χ2v) is 6.72. The summed E-state index contributed by atoms with van der Waals surface area (Å²) >= 11 is 3.44. The van der Waals surface area contributed by atoms with Crippen LogP contribution < -0.4 is 10.6 Å². The number of benzene rings is 1. The van der Waals surface area contributed by atoms with E-state index >= 15 is 0 Å². The molecule has 3 aromatic rings. The van der Waals surface area contributed by atoms with E-state index in [1.807, 2.05) is 29.8 Å². The van der Waals surface area contributed by atoms with Gasteiger partial charge < -0.3 is 15.5 Å². The molecule has 0 aliphatic carbocycles. The molecular formula is C18H21BrN6O. The van der Waals surface area contributed by atoms with Gasteiger partial charge >= 0.3 is 0 Å². The molecular weight excluding hydrogens is 396 g/mol. The summed E-state index contributed by atoms with van der Waals surface area (Å²) in [5.41, 5.74) is 2.19. The average Bonchev–Trinajstić information content (AvgIpc) is 3.15. The van der Waals surface area contributed by atoms with E-state index in [1.165, 1.54) is 0 Å². The lowest BCUT2D eigenvalue weighted by molar-refractivity contribution is 0.0950. The number of aromatic nitrogens is 3. The first-order valence-electron chi connectivity index (χ1n) is 8.40. The van der Waals surface area contributed by atoms with Crippen molar-refractivity contribution in [1.29, 1.82) is 0 Å². The van der Waals surface area contributed by atoms with E-state index in [-0.39, 0.29) is 5.91 Å². The summed E-state index contributed by atoms with van der Waals surface area (Å²) in [7, 11) is 2.03. The van der Waals surface area contributed by atoms with Crippen LogP contribution in [0.25, 0.3) is 5.65 Å². The van der Waals surface area contributed by atoms with Crippen LogP contribution in [0.3, 0.4) is 0 Å². The first kappa shape index (κ1) is 18.3. The van der Waals surface area contributed by atoms with E-state index < -0.39 is 0 Å². The first-order valence-corrected chi connectivity index (χ1v) is 9.19. The van der Waals surface area contributed by atoms with Gasteiger partial charge in [0.1, 0.15) is 4.60 Å². The quantitative estimate of drug-likeness (QED) is 0.619. The van der Waals surface area contributed by atoms with Crippen molar-refractivity contribution in [2.75, 3.05) is 32.0 Å². The average molecular weight is 417 g/mol. The fourth-order valence-electron chi connectivity index (χ4n) is 2.44. The second-order valence-electron chi connectivity index (χ2n) is 5.90. The fraction of sp³-hybridized carbons (Fsp3) is 0.278. The number of carbonyl (C=O) groups is 1. The number of nitrogens with one attached hydrogen (secondary N) is 2. The highest BCUT2D eigenvalue weighted by atomic mass is 79.9. The smallest absolute Gasteiger partial charge is 0.251 e. The Hall–Kier alpha value is -2.45. The van der Waals surface area contributed by atoms with Gasteiger partial charge in [0.15, 0.2) is 11.5 Å². The lowest BCUT2D eigenvalue weighted by Crippen LogP contribution is -2.32. The molecule has 0 aliphatic rings. The molecule has 0 fully saturated rings. The maximum absolute atomic E-state index is 12.2. The van der Waals surface area contributed by atoms with Crippen LogP contribution in [-0.2, 0) is 0 Å². The van der Waals surface area contributed by atoms with Crippen LogP contribution in [0.5, 0.6) is 0 Å². The van der Waals surface area contributed by atoms with Crippen molar-refractivity contribution in [3.8, 4) is 0 Å². The molecule has 7 nitrogen and oxygen atoms in total. The van der Waals surface area contributed by atoms with Crippen LogP contribution in [0.15, 0.2) is 47.5 Å². The number of likely N-dealkylation sites (N-methyl/N-ethyl adjacent to an activating group) is 1. The number of rotatable bonds is 7. The minimum absolute atomic E-state index is 0.0709. The van der Waals surface area contributed by atoms with Gasteiger partial charge in [-0.15, -0.1) is 0 Å². The Morgan fingerprint density at radius 3 is 2.77 bits per heavy atom. The number of hydrogen-bond acceptors (Lipinski definition) is 5. The molecule has 0 saturated heterocycles. The third kappa shape index (κ3) is 4.20. The molecule has 26 heavy (non-hydrogen) atoms. The predicted octanol–water partition coefficient (Wildman–Crippen LogP) is 2.92. The maximum atomic E-state index is 12.2. The maximum Gasteiger partial charge on any atom is 0.251 e. The van der Waals surface area contributed by atoms with Gasteiger partial charge in [-0.25, -0.2) is 9.97 Å². The highest BCUT2D eigenvalue weighted by molar-refractivity contribution is 9.10. The Morgan fingerprint density at radius 1 is 1.27 bits per heavy atom. The Kier molecular flexibility index (Phi) is 5.85. The third-order valence-electron chi connectivity index (χ3n) is 4.11. The lowest BCUT2D eigenvalue weighted by Gasteiger charge is -2.14. The molecule has 0 saturated carbocycles. The molecule has 136 valence electrons. The first-order chi connectivity index (χ1) is 12.6.